The number of nitrogen functional groups attached to an aromatic ring is 1. The van der Waals surface area contributed by atoms with Gasteiger partial charge in [-0.2, -0.15) is 0 Å². The van der Waals surface area contributed by atoms with Gasteiger partial charge in [0, 0.05) is 18.2 Å². The highest BCUT2D eigenvalue weighted by atomic mass is 16.5. The molecular weight excluding hydrogens is 212 g/mol. The maximum Gasteiger partial charge on any atom is 0.122 e. The molecule has 2 N–H and O–H groups in total. The second-order valence-electron chi connectivity index (χ2n) is 4.31. The third-order valence-electron chi connectivity index (χ3n) is 3.17. The van der Waals surface area contributed by atoms with E-state index in [0.29, 0.717) is 0 Å². The molecule has 2 heterocycles. The Bertz CT molecular complexity index is 578. The summed E-state index contributed by atoms with van der Waals surface area (Å²) >= 11 is 0. The molecule has 0 radical (unpaired) electrons. The van der Waals surface area contributed by atoms with Crippen molar-refractivity contribution in [1.82, 2.24) is 4.98 Å². The summed E-state index contributed by atoms with van der Waals surface area (Å²) in [4.78, 5) is 4.37. The number of pyridine rings is 1. The minimum Gasteiger partial charge on any atom is -0.493 e. The molecule has 17 heavy (non-hydrogen) atoms. The zero-order valence-corrected chi connectivity index (χ0v) is 9.73. The van der Waals surface area contributed by atoms with Crippen molar-refractivity contribution in [3.63, 3.8) is 0 Å². The number of rotatable bonds is 1. The van der Waals surface area contributed by atoms with Crippen molar-refractivity contribution < 1.29 is 4.74 Å². The molecule has 0 aliphatic carbocycles. The van der Waals surface area contributed by atoms with Crippen LogP contribution in [0.3, 0.4) is 0 Å². The van der Waals surface area contributed by atoms with E-state index in [9.17, 15) is 0 Å². The first-order valence-corrected chi connectivity index (χ1v) is 5.73. The Morgan fingerprint density at radius 3 is 3.06 bits per heavy atom. The van der Waals surface area contributed by atoms with Crippen LogP contribution in [0.25, 0.3) is 11.3 Å². The SMILES string of the molecule is Cc1ccnc(-c2ccc3c(c2)CCO3)c1N. The number of benzene rings is 1. The number of hydrogen-bond donors (Lipinski definition) is 1. The van der Waals surface area contributed by atoms with E-state index < -0.39 is 0 Å². The van der Waals surface area contributed by atoms with Crippen LogP contribution in [0.5, 0.6) is 5.75 Å². The molecule has 2 aromatic rings. The van der Waals surface area contributed by atoms with Crippen LogP contribution in [0.1, 0.15) is 11.1 Å². The molecule has 0 saturated carbocycles. The molecule has 3 heteroatoms. The maximum absolute atomic E-state index is 6.07. The van der Waals surface area contributed by atoms with Crippen LogP contribution in [0.4, 0.5) is 5.69 Å². The molecule has 1 aliphatic rings. The number of anilines is 1. The van der Waals surface area contributed by atoms with Crippen molar-refractivity contribution in [3.8, 4) is 17.0 Å². The lowest BCUT2D eigenvalue weighted by Crippen LogP contribution is -1.96. The molecule has 0 fully saturated rings. The van der Waals surface area contributed by atoms with Gasteiger partial charge in [-0.1, -0.05) is 0 Å². The third kappa shape index (κ3) is 1.64. The molecule has 0 amide bonds. The summed E-state index contributed by atoms with van der Waals surface area (Å²) < 4.78 is 5.49. The van der Waals surface area contributed by atoms with E-state index in [-0.39, 0.29) is 0 Å². The van der Waals surface area contributed by atoms with E-state index in [1.807, 2.05) is 25.1 Å². The second-order valence-corrected chi connectivity index (χ2v) is 4.31. The molecular formula is C14H14N2O. The van der Waals surface area contributed by atoms with Crippen molar-refractivity contribution >= 4 is 5.69 Å². The van der Waals surface area contributed by atoms with E-state index in [1.54, 1.807) is 6.20 Å². The zero-order valence-electron chi connectivity index (χ0n) is 9.73. The van der Waals surface area contributed by atoms with Gasteiger partial charge in [0.25, 0.3) is 0 Å². The lowest BCUT2D eigenvalue weighted by atomic mass is 10.0. The highest BCUT2D eigenvalue weighted by molar-refractivity contribution is 5.75. The first kappa shape index (κ1) is 10.1. The summed E-state index contributed by atoms with van der Waals surface area (Å²) in [7, 11) is 0. The molecule has 0 spiro atoms. The predicted octanol–water partition coefficient (Wildman–Crippen LogP) is 2.57. The minimum atomic E-state index is 0.756. The number of nitrogens with two attached hydrogens (primary N) is 1. The summed E-state index contributed by atoms with van der Waals surface area (Å²) in [6.45, 7) is 2.77. The summed E-state index contributed by atoms with van der Waals surface area (Å²) in [6.07, 6.45) is 2.76. The Hall–Kier alpha value is -2.03. The summed E-state index contributed by atoms with van der Waals surface area (Å²) in [5.74, 6) is 0.986. The summed E-state index contributed by atoms with van der Waals surface area (Å²) in [5, 5.41) is 0. The smallest absolute Gasteiger partial charge is 0.122 e. The van der Waals surface area contributed by atoms with Gasteiger partial charge in [0.2, 0.25) is 0 Å². The lowest BCUT2D eigenvalue weighted by molar-refractivity contribution is 0.357. The monoisotopic (exact) mass is 226 g/mol. The fraction of sp³-hybridized carbons (Fsp3) is 0.214. The molecule has 3 rings (SSSR count). The van der Waals surface area contributed by atoms with E-state index in [2.05, 4.69) is 11.1 Å². The Kier molecular flexibility index (Phi) is 2.25. The first-order chi connectivity index (χ1) is 8.25. The number of aromatic nitrogens is 1. The lowest BCUT2D eigenvalue weighted by Gasteiger charge is -2.08. The molecule has 1 aromatic carbocycles. The van der Waals surface area contributed by atoms with E-state index >= 15 is 0 Å². The number of aryl methyl sites for hydroxylation is 1. The van der Waals surface area contributed by atoms with Crippen LogP contribution < -0.4 is 10.5 Å². The van der Waals surface area contributed by atoms with Gasteiger partial charge in [-0.3, -0.25) is 4.98 Å². The fourth-order valence-corrected chi connectivity index (χ4v) is 2.13. The van der Waals surface area contributed by atoms with Gasteiger partial charge in [-0.25, -0.2) is 0 Å². The Balaban J connectivity index is 2.13. The molecule has 1 aromatic heterocycles. The standard InChI is InChI=1S/C14H14N2O/c1-9-4-6-16-14(13(9)15)11-2-3-12-10(8-11)5-7-17-12/h2-4,6,8H,5,7,15H2,1H3. The van der Waals surface area contributed by atoms with Crippen LogP contribution in [-0.4, -0.2) is 11.6 Å². The van der Waals surface area contributed by atoms with Crippen LogP contribution in [-0.2, 0) is 6.42 Å². The fourth-order valence-electron chi connectivity index (χ4n) is 2.13. The van der Waals surface area contributed by atoms with Gasteiger partial charge in [-0.05, 0) is 42.3 Å². The van der Waals surface area contributed by atoms with Gasteiger partial charge < -0.3 is 10.5 Å². The Morgan fingerprint density at radius 2 is 2.18 bits per heavy atom. The normalized spacial score (nSPS) is 13.2. The predicted molar refractivity (Wildman–Crippen MR) is 68.0 cm³/mol. The largest absolute Gasteiger partial charge is 0.493 e. The minimum absolute atomic E-state index is 0.756. The van der Waals surface area contributed by atoms with Crippen molar-refractivity contribution in [2.24, 2.45) is 0 Å². The van der Waals surface area contributed by atoms with Crippen molar-refractivity contribution in [2.75, 3.05) is 12.3 Å². The average Bonchev–Trinajstić information content (AvgIpc) is 2.79. The molecule has 0 unspecified atom stereocenters. The molecule has 1 aliphatic heterocycles. The van der Waals surface area contributed by atoms with Crippen molar-refractivity contribution in [2.45, 2.75) is 13.3 Å². The molecule has 0 saturated heterocycles. The highest BCUT2D eigenvalue weighted by Crippen LogP contribution is 2.32. The van der Waals surface area contributed by atoms with Gasteiger partial charge >= 0.3 is 0 Å². The van der Waals surface area contributed by atoms with Gasteiger partial charge in [0.1, 0.15) is 5.75 Å². The summed E-state index contributed by atoms with van der Waals surface area (Å²) in [6, 6.07) is 8.07. The molecule has 3 nitrogen and oxygen atoms in total. The number of hydrogen-bond acceptors (Lipinski definition) is 3. The second kappa shape index (κ2) is 3.77. The summed E-state index contributed by atoms with van der Waals surface area (Å²) in [5.41, 5.74) is 11.1. The zero-order chi connectivity index (χ0) is 11.8. The van der Waals surface area contributed by atoms with Gasteiger partial charge in [-0.15, -0.1) is 0 Å². The van der Waals surface area contributed by atoms with Crippen molar-refractivity contribution in [1.29, 1.82) is 0 Å². The van der Waals surface area contributed by atoms with Crippen LogP contribution in [0.2, 0.25) is 0 Å². The van der Waals surface area contributed by atoms with E-state index in [1.165, 1.54) is 5.56 Å². The third-order valence-corrected chi connectivity index (χ3v) is 3.17. The van der Waals surface area contributed by atoms with Crippen molar-refractivity contribution in [3.05, 3.63) is 41.6 Å². The molecule has 0 atom stereocenters. The van der Waals surface area contributed by atoms with E-state index in [4.69, 9.17) is 10.5 Å². The van der Waals surface area contributed by atoms with Gasteiger partial charge in [0.15, 0.2) is 0 Å². The number of fused-ring (bicyclic) bond motifs is 1. The average molecular weight is 226 g/mol. The topological polar surface area (TPSA) is 48.1 Å². The molecule has 0 bridgehead atoms. The maximum atomic E-state index is 6.07. The van der Waals surface area contributed by atoms with E-state index in [0.717, 1.165) is 41.3 Å². The Morgan fingerprint density at radius 1 is 1.29 bits per heavy atom. The number of nitrogens with zero attached hydrogens (tertiary/aromatic N) is 1. The van der Waals surface area contributed by atoms with Crippen LogP contribution in [0, 0.1) is 6.92 Å². The quantitative estimate of drug-likeness (QED) is 0.813. The Labute approximate surface area is 100 Å². The highest BCUT2D eigenvalue weighted by Gasteiger charge is 2.14. The number of ether oxygens (including phenoxy) is 1. The first-order valence-electron chi connectivity index (χ1n) is 5.73. The van der Waals surface area contributed by atoms with Crippen LogP contribution >= 0.6 is 0 Å². The van der Waals surface area contributed by atoms with Crippen LogP contribution in [0.15, 0.2) is 30.5 Å². The van der Waals surface area contributed by atoms with Gasteiger partial charge in [0.05, 0.1) is 18.0 Å². The molecule has 86 valence electrons.